The summed E-state index contributed by atoms with van der Waals surface area (Å²) >= 11 is 1.47. The van der Waals surface area contributed by atoms with E-state index in [9.17, 15) is 17.6 Å². The third-order valence-corrected chi connectivity index (χ3v) is 3.84. The molecule has 0 aliphatic carbocycles. The Kier molecular flexibility index (Phi) is 10.4. The standard InChI is InChI=1S/C19H15F4N2O.CH3.ClH.Ir/c1-2-3-10-26-19-17(22)15(20)14(16(21)18(19)23)13(11-6-4-8-24-11)12-7-5-9-25-12;;;/h4-9H,2-3,10H2,1H3;1H3;1H;/q2*-1;;+3/p-1/b13-11+;;;. The van der Waals surface area contributed by atoms with Crippen molar-refractivity contribution < 1.29 is 40.2 Å². The molecule has 2 aromatic rings. The van der Waals surface area contributed by atoms with Crippen LogP contribution in [0.5, 0.6) is 5.75 Å². The van der Waals surface area contributed by atoms with Gasteiger partial charge in [-0.15, -0.1) is 5.69 Å². The van der Waals surface area contributed by atoms with Gasteiger partial charge in [-0.2, -0.15) is 15.0 Å². The molecule has 0 saturated carbocycles. The molecular formula is C20H18ClF4IrN2O. The molecule has 0 fully saturated rings. The van der Waals surface area contributed by atoms with Gasteiger partial charge in [0.05, 0.1) is 17.9 Å². The van der Waals surface area contributed by atoms with Gasteiger partial charge in [-0.25, -0.2) is 8.78 Å². The molecular weight excluding hydrogens is 588 g/mol. The first-order valence-electron chi connectivity index (χ1n) is 8.21. The average Bonchev–Trinajstić information content (AvgIpc) is 3.42. The van der Waals surface area contributed by atoms with Gasteiger partial charge in [-0.1, -0.05) is 25.5 Å². The Balaban J connectivity index is 0.00000136. The van der Waals surface area contributed by atoms with Crippen molar-refractivity contribution in [3.63, 3.8) is 0 Å². The van der Waals surface area contributed by atoms with Crippen molar-refractivity contribution in [2.24, 2.45) is 4.99 Å². The molecule has 1 aromatic heterocycles. The zero-order chi connectivity index (χ0) is 20.7. The molecule has 0 amide bonds. The molecule has 0 atom stereocenters. The fourth-order valence-electron chi connectivity index (χ4n) is 2.56. The zero-order valence-corrected chi connectivity index (χ0v) is 18.8. The predicted octanol–water partition coefficient (Wildman–Crippen LogP) is 5.92. The summed E-state index contributed by atoms with van der Waals surface area (Å²) in [7, 11) is 4.64. The molecule has 29 heavy (non-hydrogen) atoms. The van der Waals surface area contributed by atoms with E-state index in [1.54, 1.807) is 12.1 Å². The summed E-state index contributed by atoms with van der Waals surface area (Å²) in [6, 6.07) is 3.02. The number of nitrogens with zero attached hydrogens (tertiary/aromatic N) is 2. The van der Waals surface area contributed by atoms with Gasteiger partial charge in [0, 0.05) is 6.21 Å². The van der Waals surface area contributed by atoms with Crippen LogP contribution >= 0.6 is 9.58 Å². The summed E-state index contributed by atoms with van der Waals surface area (Å²) in [5, 5.41) is 0. The van der Waals surface area contributed by atoms with Gasteiger partial charge in [-0.05, 0) is 24.1 Å². The van der Waals surface area contributed by atoms with Crippen LogP contribution in [0.3, 0.4) is 0 Å². The normalized spacial score (nSPS) is 13.6. The number of hydrogen-bond acceptors (Lipinski definition) is 2. The third-order valence-electron chi connectivity index (χ3n) is 3.84. The molecule has 0 N–H and O–H groups in total. The Bertz CT molecular complexity index is 869. The van der Waals surface area contributed by atoms with Crippen LogP contribution in [0.15, 0.2) is 41.2 Å². The van der Waals surface area contributed by atoms with Crippen molar-refractivity contribution in [3.05, 3.63) is 78.1 Å². The Hall–Kier alpha value is -1.89. The van der Waals surface area contributed by atoms with Crippen LogP contribution in [0.25, 0.3) is 5.57 Å². The van der Waals surface area contributed by atoms with E-state index in [4.69, 9.17) is 4.74 Å². The number of unbranched alkanes of at least 4 members (excludes halogenated alkanes) is 1. The quantitative estimate of drug-likeness (QED) is 0.178. The maximum absolute atomic E-state index is 14.7. The SMILES string of the molecule is CCCCOc1c(F)c(F)c(/C(=C2\C=CC=N2)c2ccc[n-]2)c(F)c1F.[CH3-].[Cl][Ir+2]. The van der Waals surface area contributed by atoms with Gasteiger partial charge >= 0.3 is 27.5 Å². The van der Waals surface area contributed by atoms with E-state index in [1.165, 1.54) is 42.4 Å². The van der Waals surface area contributed by atoms with Crippen molar-refractivity contribution in [1.29, 1.82) is 0 Å². The van der Waals surface area contributed by atoms with Crippen LogP contribution < -0.4 is 9.72 Å². The number of aromatic nitrogens is 1. The van der Waals surface area contributed by atoms with Crippen molar-refractivity contribution in [1.82, 2.24) is 4.98 Å². The summed E-state index contributed by atoms with van der Waals surface area (Å²) < 4.78 is 63.2. The summed E-state index contributed by atoms with van der Waals surface area (Å²) in [5.41, 5.74) is -0.687. The molecule has 0 saturated heterocycles. The Morgan fingerprint density at radius 3 is 2.28 bits per heavy atom. The molecule has 0 spiro atoms. The number of hydrogen-bond donors (Lipinski definition) is 0. The first-order chi connectivity index (χ1) is 13.6. The summed E-state index contributed by atoms with van der Waals surface area (Å²) in [6.45, 7) is 1.80. The van der Waals surface area contributed by atoms with E-state index < -0.39 is 34.6 Å². The number of rotatable bonds is 6. The van der Waals surface area contributed by atoms with Crippen molar-refractivity contribution in [2.45, 2.75) is 19.8 Å². The Labute approximate surface area is 181 Å². The monoisotopic (exact) mass is 606 g/mol. The Morgan fingerprint density at radius 2 is 1.79 bits per heavy atom. The minimum absolute atomic E-state index is 0. The fourth-order valence-corrected chi connectivity index (χ4v) is 2.56. The topological polar surface area (TPSA) is 35.7 Å². The summed E-state index contributed by atoms with van der Waals surface area (Å²) in [4.78, 5) is 7.97. The van der Waals surface area contributed by atoms with Crippen molar-refractivity contribution in [2.75, 3.05) is 6.61 Å². The average molecular weight is 606 g/mol. The molecule has 158 valence electrons. The van der Waals surface area contributed by atoms with E-state index in [-0.39, 0.29) is 31.0 Å². The first kappa shape index (κ1) is 25.1. The molecule has 1 aromatic carbocycles. The maximum atomic E-state index is 14.7. The van der Waals surface area contributed by atoms with Crippen LogP contribution in [0.4, 0.5) is 17.6 Å². The fraction of sp³-hybridized carbons (Fsp3) is 0.200. The van der Waals surface area contributed by atoms with Gasteiger partial charge < -0.3 is 17.1 Å². The van der Waals surface area contributed by atoms with Crippen LogP contribution in [0.2, 0.25) is 0 Å². The van der Waals surface area contributed by atoms with Crippen LogP contribution in [-0.2, 0) is 17.9 Å². The van der Waals surface area contributed by atoms with E-state index in [0.717, 1.165) is 0 Å². The molecule has 3 nitrogen and oxygen atoms in total. The second-order valence-corrected chi connectivity index (χ2v) is 5.58. The molecule has 0 unspecified atom stereocenters. The Morgan fingerprint density at radius 1 is 1.14 bits per heavy atom. The number of allylic oxidation sites excluding steroid dienone is 2. The van der Waals surface area contributed by atoms with Gasteiger partial charge in [0.1, 0.15) is 0 Å². The molecule has 2 heterocycles. The van der Waals surface area contributed by atoms with E-state index >= 15 is 0 Å². The second-order valence-electron chi connectivity index (χ2n) is 5.58. The zero-order valence-electron chi connectivity index (χ0n) is 15.6. The summed E-state index contributed by atoms with van der Waals surface area (Å²) in [6.07, 6.45) is 7.03. The second kappa shape index (κ2) is 12.0. The van der Waals surface area contributed by atoms with E-state index in [0.29, 0.717) is 12.8 Å². The van der Waals surface area contributed by atoms with Crippen LogP contribution in [0, 0.1) is 30.7 Å². The van der Waals surface area contributed by atoms with Crippen LogP contribution in [0.1, 0.15) is 31.0 Å². The minimum atomic E-state index is -1.58. The predicted molar refractivity (Wildman–Crippen MR) is 102 cm³/mol. The van der Waals surface area contributed by atoms with Crippen molar-refractivity contribution in [3.8, 4) is 5.75 Å². The number of ether oxygens (including phenoxy) is 1. The van der Waals surface area contributed by atoms with E-state index in [1.807, 2.05) is 6.92 Å². The number of benzene rings is 1. The molecule has 3 rings (SSSR count). The molecule has 9 heteroatoms. The van der Waals surface area contributed by atoms with Gasteiger partial charge in [0.15, 0.2) is 17.4 Å². The van der Waals surface area contributed by atoms with Gasteiger partial charge in [0.25, 0.3) is 0 Å². The van der Waals surface area contributed by atoms with Gasteiger partial charge in [0.2, 0.25) is 11.6 Å². The molecule has 1 aliphatic rings. The number of aliphatic imine (C=N–C) groups is 1. The first-order valence-corrected chi connectivity index (χ1v) is 11.2. The van der Waals surface area contributed by atoms with Crippen LogP contribution in [-0.4, -0.2) is 12.8 Å². The molecule has 1 aliphatic heterocycles. The summed E-state index contributed by atoms with van der Waals surface area (Å²) in [5.74, 6) is -7.30. The molecule has 0 radical (unpaired) electrons. The third kappa shape index (κ3) is 5.38. The van der Waals surface area contributed by atoms with Gasteiger partial charge in [-0.3, -0.25) is 4.99 Å². The van der Waals surface area contributed by atoms with E-state index in [2.05, 4.69) is 19.6 Å². The number of halogens is 5. The molecule has 0 bridgehead atoms. The van der Waals surface area contributed by atoms with Crippen molar-refractivity contribution >= 4 is 21.4 Å².